The van der Waals surface area contributed by atoms with Crippen molar-refractivity contribution in [3.8, 4) is 17.9 Å². The van der Waals surface area contributed by atoms with E-state index in [0.29, 0.717) is 35.3 Å². The molecule has 1 N–H and O–H groups in total. The maximum absolute atomic E-state index is 12.1. The van der Waals surface area contributed by atoms with E-state index in [1.54, 1.807) is 18.3 Å². The molecule has 3 unspecified atom stereocenters. The van der Waals surface area contributed by atoms with Crippen molar-refractivity contribution in [2.45, 2.75) is 30.0 Å². The Morgan fingerprint density at radius 1 is 1.00 bits per heavy atom. The minimum Gasteiger partial charge on any atom is -0.476 e. The van der Waals surface area contributed by atoms with Crippen molar-refractivity contribution in [1.29, 1.82) is 10.5 Å². The van der Waals surface area contributed by atoms with Crippen molar-refractivity contribution in [2.24, 2.45) is 0 Å². The molecule has 0 bridgehead atoms. The van der Waals surface area contributed by atoms with Crippen LogP contribution >= 0.6 is 0 Å². The van der Waals surface area contributed by atoms with E-state index in [-0.39, 0.29) is 5.92 Å². The van der Waals surface area contributed by atoms with Crippen molar-refractivity contribution < 1.29 is 9.84 Å². The Morgan fingerprint density at radius 3 is 2.45 bits per heavy atom. The topological polar surface area (TPSA) is 89.9 Å². The summed E-state index contributed by atoms with van der Waals surface area (Å²) in [6.07, 6.45) is 4.20. The van der Waals surface area contributed by atoms with Gasteiger partial charge in [0.1, 0.15) is 17.4 Å². The molecule has 5 heteroatoms. The summed E-state index contributed by atoms with van der Waals surface area (Å²) in [6, 6.07) is 21.4. The number of nitrogens with zero attached hydrogens (tertiary/aromatic N) is 3. The lowest BCUT2D eigenvalue weighted by Gasteiger charge is -2.40. The van der Waals surface area contributed by atoms with Gasteiger partial charge in [-0.15, -0.1) is 0 Å². The third kappa shape index (κ3) is 2.20. The van der Waals surface area contributed by atoms with Gasteiger partial charge >= 0.3 is 0 Å². The lowest BCUT2D eigenvalue weighted by molar-refractivity contribution is -0.105. The number of hydrogen-bond donors (Lipinski definition) is 1. The molecule has 3 aromatic rings. The van der Waals surface area contributed by atoms with Crippen LogP contribution in [0.5, 0.6) is 5.75 Å². The first kappa shape index (κ1) is 17.4. The maximum Gasteiger partial charge on any atom is 0.174 e. The Morgan fingerprint density at radius 2 is 1.76 bits per heavy atom. The first-order valence-electron chi connectivity index (χ1n) is 9.49. The van der Waals surface area contributed by atoms with E-state index in [2.05, 4.69) is 17.1 Å². The summed E-state index contributed by atoms with van der Waals surface area (Å²) in [5, 5.41) is 30.9. The molecule has 0 saturated heterocycles. The first-order chi connectivity index (χ1) is 14.1. The van der Waals surface area contributed by atoms with E-state index in [4.69, 9.17) is 4.74 Å². The molecule has 5 nitrogen and oxygen atoms in total. The van der Waals surface area contributed by atoms with Gasteiger partial charge in [0.15, 0.2) is 5.60 Å². The number of pyridine rings is 1. The highest BCUT2D eigenvalue weighted by Gasteiger charge is 2.69. The molecule has 0 amide bonds. The van der Waals surface area contributed by atoms with Crippen molar-refractivity contribution in [3.05, 3.63) is 94.8 Å². The second kappa shape index (κ2) is 6.17. The Hall–Kier alpha value is -3.67. The summed E-state index contributed by atoms with van der Waals surface area (Å²) >= 11 is 0. The predicted molar refractivity (Wildman–Crippen MR) is 105 cm³/mol. The highest BCUT2D eigenvalue weighted by molar-refractivity contribution is 5.58. The Labute approximate surface area is 168 Å². The Kier molecular flexibility index (Phi) is 3.71. The van der Waals surface area contributed by atoms with E-state index < -0.39 is 11.2 Å². The van der Waals surface area contributed by atoms with Crippen LogP contribution in [0, 0.1) is 22.7 Å². The standard InChI is InChI=1S/C24H17N3O2/c25-12-16-6-8-19(9-7-16)24-20(17-4-2-1-3-5-17)10-11-23(24,28)22-18(13-26)14-27-15-21(22)29-24/h1-9,14-15,20,28H,10-11H2. The van der Waals surface area contributed by atoms with E-state index >= 15 is 0 Å². The lowest BCUT2D eigenvalue weighted by Crippen LogP contribution is -2.48. The van der Waals surface area contributed by atoms with Crippen LogP contribution in [0.1, 0.15) is 46.6 Å². The molecule has 29 heavy (non-hydrogen) atoms. The van der Waals surface area contributed by atoms with Crippen molar-refractivity contribution in [3.63, 3.8) is 0 Å². The van der Waals surface area contributed by atoms with Gasteiger partial charge in [-0.25, -0.2) is 0 Å². The number of benzene rings is 2. The summed E-state index contributed by atoms with van der Waals surface area (Å²) in [6.45, 7) is 0. The zero-order chi connectivity index (χ0) is 20.1. The maximum atomic E-state index is 12.1. The first-order valence-corrected chi connectivity index (χ1v) is 9.49. The van der Waals surface area contributed by atoms with Gasteiger partial charge < -0.3 is 9.84 Å². The van der Waals surface area contributed by atoms with Gasteiger partial charge in [-0.05, 0) is 36.1 Å². The molecule has 1 aliphatic carbocycles. The largest absolute Gasteiger partial charge is 0.476 e. The zero-order valence-corrected chi connectivity index (χ0v) is 15.5. The van der Waals surface area contributed by atoms with Crippen LogP contribution in [0.2, 0.25) is 0 Å². The van der Waals surface area contributed by atoms with Gasteiger partial charge in [-0.2, -0.15) is 10.5 Å². The Balaban J connectivity index is 1.79. The molecule has 2 aromatic carbocycles. The highest BCUT2D eigenvalue weighted by atomic mass is 16.5. The molecule has 0 radical (unpaired) electrons. The van der Waals surface area contributed by atoms with Gasteiger partial charge in [0.05, 0.1) is 29.0 Å². The lowest BCUT2D eigenvalue weighted by atomic mass is 9.71. The van der Waals surface area contributed by atoms with Crippen molar-refractivity contribution in [1.82, 2.24) is 4.98 Å². The second-order valence-corrected chi connectivity index (χ2v) is 7.56. The molecular formula is C24H17N3O2. The van der Waals surface area contributed by atoms with Gasteiger partial charge in [-0.1, -0.05) is 42.5 Å². The molecule has 1 saturated carbocycles. The number of aliphatic hydroxyl groups is 1. The zero-order valence-electron chi connectivity index (χ0n) is 15.5. The molecule has 0 spiro atoms. The molecule has 2 heterocycles. The summed E-state index contributed by atoms with van der Waals surface area (Å²) in [5.41, 5.74) is 0.756. The van der Waals surface area contributed by atoms with Crippen molar-refractivity contribution >= 4 is 0 Å². The molecule has 1 aromatic heterocycles. The molecule has 1 fully saturated rings. The van der Waals surface area contributed by atoms with E-state index in [1.165, 1.54) is 6.20 Å². The number of ether oxygens (including phenoxy) is 1. The fourth-order valence-corrected chi connectivity index (χ4v) is 5.08. The van der Waals surface area contributed by atoms with Crippen LogP contribution in [0.15, 0.2) is 67.0 Å². The smallest absolute Gasteiger partial charge is 0.174 e. The van der Waals surface area contributed by atoms with Gasteiger partial charge in [0.25, 0.3) is 0 Å². The normalized spacial score (nSPS) is 26.7. The predicted octanol–water partition coefficient (Wildman–Crippen LogP) is 3.88. The number of fused-ring (bicyclic) bond motifs is 3. The van der Waals surface area contributed by atoms with Gasteiger partial charge in [-0.3, -0.25) is 4.98 Å². The second-order valence-electron chi connectivity index (χ2n) is 7.56. The molecule has 2 aliphatic rings. The number of aromatic nitrogens is 1. The summed E-state index contributed by atoms with van der Waals surface area (Å²) in [7, 11) is 0. The molecule has 5 rings (SSSR count). The minimum atomic E-state index is -1.37. The average molecular weight is 379 g/mol. The van der Waals surface area contributed by atoms with Crippen LogP contribution in [-0.4, -0.2) is 10.1 Å². The van der Waals surface area contributed by atoms with E-state index in [9.17, 15) is 15.6 Å². The van der Waals surface area contributed by atoms with Crippen LogP contribution in [-0.2, 0) is 11.2 Å². The third-order valence-electron chi connectivity index (χ3n) is 6.26. The number of rotatable bonds is 2. The Bertz CT molecular complexity index is 1180. The monoisotopic (exact) mass is 379 g/mol. The minimum absolute atomic E-state index is 0.124. The average Bonchev–Trinajstić information content (AvgIpc) is 3.21. The molecular weight excluding hydrogens is 362 g/mol. The SMILES string of the molecule is N#Cc1ccc(C23Oc4cncc(C#N)c4C2(O)CCC3c2ccccc2)cc1. The molecule has 140 valence electrons. The summed E-state index contributed by atoms with van der Waals surface area (Å²) in [4.78, 5) is 4.13. The van der Waals surface area contributed by atoms with Crippen LogP contribution in [0.25, 0.3) is 0 Å². The highest BCUT2D eigenvalue weighted by Crippen LogP contribution is 2.66. The van der Waals surface area contributed by atoms with Gasteiger partial charge in [0.2, 0.25) is 0 Å². The quantitative estimate of drug-likeness (QED) is 0.730. The van der Waals surface area contributed by atoms with E-state index in [1.807, 2.05) is 42.5 Å². The molecule has 1 aliphatic heterocycles. The third-order valence-corrected chi connectivity index (χ3v) is 6.26. The fourth-order valence-electron chi connectivity index (χ4n) is 5.08. The summed E-state index contributed by atoms with van der Waals surface area (Å²) in [5.74, 6) is 0.317. The fraction of sp³-hybridized carbons (Fsp3) is 0.208. The van der Waals surface area contributed by atoms with E-state index in [0.717, 1.165) is 11.1 Å². The summed E-state index contributed by atoms with van der Waals surface area (Å²) < 4.78 is 6.54. The van der Waals surface area contributed by atoms with Crippen LogP contribution in [0.3, 0.4) is 0 Å². The van der Waals surface area contributed by atoms with Gasteiger partial charge in [0, 0.05) is 12.1 Å². The van der Waals surface area contributed by atoms with Crippen LogP contribution in [0.4, 0.5) is 0 Å². The van der Waals surface area contributed by atoms with Crippen LogP contribution < -0.4 is 4.74 Å². The number of hydrogen-bond acceptors (Lipinski definition) is 5. The molecule has 3 atom stereocenters. The number of nitriles is 2. The van der Waals surface area contributed by atoms with Crippen molar-refractivity contribution in [2.75, 3.05) is 0 Å².